The molecule has 38 heavy (non-hydrogen) atoms. The summed E-state index contributed by atoms with van der Waals surface area (Å²) in [5.74, 6) is 11.4. The van der Waals surface area contributed by atoms with Crippen LogP contribution in [0.5, 0.6) is 0 Å². The van der Waals surface area contributed by atoms with E-state index in [9.17, 15) is 13.9 Å². The van der Waals surface area contributed by atoms with Gasteiger partial charge in [0.15, 0.2) is 5.60 Å². The average Bonchev–Trinajstić information content (AvgIpc) is 3.25. The van der Waals surface area contributed by atoms with Crippen LogP contribution in [-0.4, -0.2) is 53.5 Å². The Bertz CT molecular complexity index is 1240. The highest BCUT2D eigenvalue weighted by molar-refractivity contribution is 6.02. The number of hydrogen-bond donors (Lipinski definition) is 4. The lowest BCUT2D eigenvalue weighted by Gasteiger charge is -2.38. The van der Waals surface area contributed by atoms with Gasteiger partial charge in [0.2, 0.25) is 0 Å². The second kappa shape index (κ2) is 12.6. The maximum Gasteiger partial charge on any atom is 0.321 e. The van der Waals surface area contributed by atoms with Gasteiger partial charge in [-0.25, -0.2) is 14.6 Å². The van der Waals surface area contributed by atoms with Crippen molar-refractivity contribution in [2.24, 2.45) is 21.8 Å². The van der Waals surface area contributed by atoms with Gasteiger partial charge in [-0.1, -0.05) is 30.1 Å². The van der Waals surface area contributed by atoms with Crippen LogP contribution in [0, 0.1) is 11.8 Å². The van der Waals surface area contributed by atoms with Crippen LogP contribution in [0.1, 0.15) is 31.2 Å². The third-order valence-corrected chi connectivity index (χ3v) is 6.15. The Morgan fingerprint density at radius 1 is 1.26 bits per heavy atom. The van der Waals surface area contributed by atoms with Gasteiger partial charge in [-0.05, 0) is 36.8 Å². The van der Waals surface area contributed by atoms with Crippen molar-refractivity contribution in [3.8, 4) is 11.8 Å². The maximum absolute atomic E-state index is 16.1. The molecule has 2 aliphatic rings. The van der Waals surface area contributed by atoms with Crippen LogP contribution in [0.4, 0.5) is 23.2 Å². The van der Waals surface area contributed by atoms with Crippen molar-refractivity contribution < 1.29 is 22.7 Å². The fourth-order valence-corrected chi connectivity index (χ4v) is 3.94. The van der Waals surface area contributed by atoms with Crippen molar-refractivity contribution >= 4 is 17.7 Å². The molecule has 0 saturated heterocycles. The van der Waals surface area contributed by atoms with Crippen molar-refractivity contribution in [1.29, 1.82) is 0 Å². The highest BCUT2D eigenvalue weighted by Gasteiger charge is 2.58. The molecular formula is C27H30F4N6O. The molecule has 1 aromatic carbocycles. The lowest BCUT2D eigenvalue weighted by atomic mass is 9.80. The van der Waals surface area contributed by atoms with E-state index in [2.05, 4.69) is 27.3 Å². The number of halogens is 4. The van der Waals surface area contributed by atoms with Gasteiger partial charge in [0.1, 0.15) is 24.0 Å². The summed E-state index contributed by atoms with van der Waals surface area (Å²) in [7, 11) is 1.80. The zero-order valence-corrected chi connectivity index (χ0v) is 20.8. The monoisotopic (exact) mass is 530 g/mol. The molecule has 0 radical (unpaired) electrons. The average molecular weight is 531 g/mol. The minimum Gasteiger partial charge on any atom is -0.388 e. The predicted octanol–water partition coefficient (Wildman–Crippen LogP) is 4.11. The first-order valence-corrected chi connectivity index (χ1v) is 11.9. The minimum absolute atomic E-state index is 0.215. The molecule has 6 N–H and O–H groups in total. The van der Waals surface area contributed by atoms with Crippen LogP contribution in [0.2, 0.25) is 0 Å². The van der Waals surface area contributed by atoms with Gasteiger partial charge in [0.25, 0.3) is 0 Å². The number of alkyl halides is 3. The van der Waals surface area contributed by atoms with E-state index >= 15 is 8.78 Å². The van der Waals surface area contributed by atoms with Gasteiger partial charge >= 0.3 is 5.92 Å². The molecule has 2 unspecified atom stereocenters. The van der Waals surface area contributed by atoms with Crippen molar-refractivity contribution in [2.75, 3.05) is 18.9 Å². The van der Waals surface area contributed by atoms with E-state index in [0.29, 0.717) is 5.57 Å². The van der Waals surface area contributed by atoms with Crippen molar-refractivity contribution in [2.45, 2.75) is 43.4 Å². The van der Waals surface area contributed by atoms with E-state index in [1.165, 1.54) is 12.3 Å². The number of aliphatic hydroxyl groups is 1. The number of benzene rings is 1. The van der Waals surface area contributed by atoms with E-state index in [1.54, 1.807) is 7.05 Å². The van der Waals surface area contributed by atoms with Gasteiger partial charge in [0.05, 0.1) is 0 Å². The fraction of sp³-hybridized carbons (Fsp3) is 0.333. The first-order chi connectivity index (χ1) is 18.1. The molecular weight excluding hydrogens is 500 g/mol. The summed E-state index contributed by atoms with van der Waals surface area (Å²) in [6.07, 6.45) is 3.73. The van der Waals surface area contributed by atoms with Crippen molar-refractivity contribution in [1.82, 2.24) is 5.01 Å². The van der Waals surface area contributed by atoms with Gasteiger partial charge < -0.3 is 16.3 Å². The molecule has 0 aromatic heterocycles. The van der Waals surface area contributed by atoms with E-state index in [0.717, 1.165) is 40.8 Å². The SMILES string of the molecule is CNc1ccc(C#CC2=CN=C(C(F)(F)C(O)(CCN(N)/C=N\N)C3=C(F)CCC(F)C=C3)C=CC2)cc1. The Morgan fingerprint density at radius 2 is 2.00 bits per heavy atom. The Balaban J connectivity index is 1.98. The molecule has 202 valence electrons. The quantitative estimate of drug-likeness (QED) is 0.101. The number of nitrogens with zero attached hydrogens (tertiary/aromatic N) is 3. The first kappa shape index (κ1) is 28.7. The molecule has 1 heterocycles. The minimum atomic E-state index is -4.10. The van der Waals surface area contributed by atoms with Crippen molar-refractivity contribution in [3.05, 3.63) is 77.3 Å². The van der Waals surface area contributed by atoms with Crippen LogP contribution in [0.25, 0.3) is 0 Å². The van der Waals surface area contributed by atoms with Crippen LogP contribution in [0.15, 0.2) is 81.8 Å². The van der Waals surface area contributed by atoms with Gasteiger partial charge in [0, 0.05) is 61.5 Å². The number of hydrazine groups is 1. The number of aliphatic imine (C=N–C) groups is 1. The number of rotatable bonds is 8. The molecule has 0 fully saturated rings. The summed E-state index contributed by atoms with van der Waals surface area (Å²) < 4.78 is 61.0. The van der Waals surface area contributed by atoms with Crippen molar-refractivity contribution in [3.63, 3.8) is 0 Å². The van der Waals surface area contributed by atoms with Crippen LogP contribution < -0.4 is 17.0 Å². The molecule has 3 rings (SSSR count). The van der Waals surface area contributed by atoms with E-state index in [4.69, 9.17) is 11.7 Å². The van der Waals surface area contributed by atoms with Gasteiger partial charge in [-0.15, -0.1) is 0 Å². The number of anilines is 1. The summed E-state index contributed by atoms with van der Waals surface area (Å²) in [6, 6.07) is 7.34. The first-order valence-electron chi connectivity index (χ1n) is 11.9. The zero-order valence-electron chi connectivity index (χ0n) is 20.8. The maximum atomic E-state index is 16.1. The van der Waals surface area contributed by atoms with E-state index in [-0.39, 0.29) is 19.4 Å². The molecule has 1 aromatic rings. The van der Waals surface area contributed by atoms with Crippen LogP contribution >= 0.6 is 0 Å². The molecule has 0 spiro atoms. The Morgan fingerprint density at radius 3 is 2.68 bits per heavy atom. The number of hydrogen-bond acceptors (Lipinski definition) is 6. The molecule has 1 aliphatic heterocycles. The summed E-state index contributed by atoms with van der Waals surface area (Å²) in [5, 5.41) is 18.5. The summed E-state index contributed by atoms with van der Waals surface area (Å²) in [6.45, 7) is -0.369. The molecule has 7 nitrogen and oxygen atoms in total. The number of allylic oxidation sites excluding steroid dienone is 5. The lowest BCUT2D eigenvalue weighted by molar-refractivity contribution is -0.116. The smallest absolute Gasteiger partial charge is 0.321 e. The summed E-state index contributed by atoms with van der Waals surface area (Å²) in [4.78, 5) is 3.91. The van der Waals surface area contributed by atoms with E-state index in [1.807, 2.05) is 24.3 Å². The molecule has 1 aliphatic carbocycles. The zero-order chi connectivity index (χ0) is 27.8. The third kappa shape index (κ3) is 6.70. The Kier molecular flexibility index (Phi) is 9.50. The second-order valence-electron chi connectivity index (χ2n) is 8.77. The molecule has 11 heteroatoms. The Hall–Kier alpha value is -3.88. The molecule has 0 saturated carbocycles. The Labute approximate surface area is 219 Å². The number of nitrogens with one attached hydrogen (secondary N) is 1. The molecule has 2 atom stereocenters. The largest absolute Gasteiger partial charge is 0.388 e. The highest BCUT2D eigenvalue weighted by atomic mass is 19.3. The van der Waals surface area contributed by atoms with Gasteiger partial charge in [-0.2, -0.15) is 13.9 Å². The molecule has 0 bridgehead atoms. The van der Waals surface area contributed by atoms with Crippen LogP contribution in [-0.2, 0) is 0 Å². The molecule has 0 amide bonds. The number of nitrogens with two attached hydrogens (primary N) is 2. The summed E-state index contributed by atoms with van der Waals surface area (Å²) >= 11 is 0. The van der Waals surface area contributed by atoms with E-state index < -0.39 is 47.6 Å². The second-order valence-corrected chi connectivity index (χ2v) is 8.77. The third-order valence-electron chi connectivity index (χ3n) is 6.15. The lowest BCUT2D eigenvalue weighted by Crippen LogP contribution is -2.56. The topological polar surface area (TPSA) is 112 Å². The normalized spacial score (nSPS) is 19.6. The summed E-state index contributed by atoms with van der Waals surface area (Å²) in [5.41, 5.74) is -2.54. The number of hydrazone groups is 1. The van der Waals surface area contributed by atoms with Gasteiger partial charge in [-0.3, -0.25) is 10.0 Å². The van der Waals surface area contributed by atoms with Crippen LogP contribution in [0.3, 0.4) is 0 Å². The fourth-order valence-electron chi connectivity index (χ4n) is 3.94. The predicted molar refractivity (Wildman–Crippen MR) is 142 cm³/mol. The highest BCUT2D eigenvalue weighted by Crippen LogP contribution is 2.43. The standard InChI is InChI=1S/C27H30F4N6O/c1-34-22-11-7-19(8-12-22)5-6-20-3-2-4-25(35-17-20)27(30,31)26(38,15-16-37(33)18-36-32)23-13-9-21(28)10-14-24(23)29/h2,4,7-9,11-13,17-18,21,34,38H,3,10,14-16,32-33H2,1H3/b36-18-.